The highest BCUT2D eigenvalue weighted by Gasteiger charge is 2.48. The Balaban J connectivity index is 1.64. The number of hydrogen-bond donors (Lipinski definition) is 1. The predicted molar refractivity (Wildman–Crippen MR) is 144 cm³/mol. The summed E-state index contributed by atoms with van der Waals surface area (Å²) in [6.45, 7) is 8.16. The third kappa shape index (κ3) is 5.58. The highest BCUT2D eigenvalue weighted by atomic mass is 32.2. The van der Waals surface area contributed by atoms with Crippen molar-refractivity contribution in [1.29, 1.82) is 0 Å². The number of ether oxygens (including phenoxy) is 1. The van der Waals surface area contributed by atoms with Crippen molar-refractivity contribution in [3.05, 3.63) is 101 Å². The SMILES string of the molecule is Cc1cc(SC2C(=O)CC(CCc3ccccc3)(c3ccccc3)OC2=O)c(C(C)(C)C)cc1CO. The molecule has 5 heteroatoms. The van der Waals surface area contributed by atoms with Crippen molar-refractivity contribution in [3.63, 3.8) is 0 Å². The zero-order valence-electron chi connectivity index (χ0n) is 21.4. The Morgan fingerprint density at radius 1 is 1.00 bits per heavy atom. The Labute approximate surface area is 218 Å². The van der Waals surface area contributed by atoms with Gasteiger partial charge in [-0.2, -0.15) is 0 Å². The number of thioether (sulfide) groups is 1. The van der Waals surface area contributed by atoms with E-state index in [4.69, 9.17) is 4.74 Å². The Morgan fingerprint density at radius 2 is 1.64 bits per heavy atom. The molecule has 2 atom stereocenters. The molecule has 4 rings (SSSR count). The first-order chi connectivity index (χ1) is 17.1. The number of aliphatic hydroxyl groups is 1. The molecular formula is C31H34O4S. The summed E-state index contributed by atoms with van der Waals surface area (Å²) in [5.74, 6) is -0.603. The van der Waals surface area contributed by atoms with Crippen LogP contribution in [0.25, 0.3) is 0 Å². The molecule has 3 aromatic rings. The molecule has 1 aliphatic rings. The molecule has 1 aliphatic heterocycles. The summed E-state index contributed by atoms with van der Waals surface area (Å²) in [6, 6.07) is 23.7. The summed E-state index contributed by atoms with van der Waals surface area (Å²) >= 11 is 1.27. The molecule has 1 fully saturated rings. The molecule has 188 valence electrons. The fourth-order valence-electron chi connectivity index (χ4n) is 4.79. The summed E-state index contributed by atoms with van der Waals surface area (Å²) in [4.78, 5) is 28.0. The van der Waals surface area contributed by atoms with Gasteiger partial charge in [0, 0.05) is 4.90 Å². The minimum absolute atomic E-state index is 0.0503. The van der Waals surface area contributed by atoms with Gasteiger partial charge in [-0.1, -0.05) is 87.5 Å². The average Bonchev–Trinajstić information content (AvgIpc) is 2.85. The molecule has 0 bridgehead atoms. The monoisotopic (exact) mass is 502 g/mol. The molecule has 0 saturated carbocycles. The second-order valence-electron chi connectivity index (χ2n) is 10.6. The molecule has 0 spiro atoms. The van der Waals surface area contributed by atoms with Gasteiger partial charge in [0.2, 0.25) is 0 Å². The first kappa shape index (κ1) is 26.2. The lowest BCUT2D eigenvalue weighted by Crippen LogP contribution is -2.47. The van der Waals surface area contributed by atoms with Gasteiger partial charge >= 0.3 is 5.97 Å². The van der Waals surface area contributed by atoms with Gasteiger partial charge in [0.05, 0.1) is 13.0 Å². The molecule has 36 heavy (non-hydrogen) atoms. The molecule has 1 N–H and O–H groups in total. The Morgan fingerprint density at radius 3 is 2.22 bits per heavy atom. The zero-order chi connectivity index (χ0) is 25.9. The highest BCUT2D eigenvalue weighted by molar-refractivity contribution is 8.01. The van der Waals surface area contributed by atoms with Crippen LogP contribution in [0.1, 0.15) is 61.4 Å². The number of cyclic esters (lactones) is 1. The minimum atomic E-state index is -0.980. The van der Waals surface area contributed by atoms with Crippen molar-refractivity contribution in [3.8, 4) is 0 Å². The summed E-state index contributed by atoms with van der Waals surface area (Å²) in [7, 11) is 0. The normalized spacial score (nSPS) is 20.3. The molecule has 4 nitrogen and oxygen atoms in total. The lowest BCUT2D eigenvalue weighted by molar-refractivity contribution is -0.171. The molecule has 0 radical (unpaired) electrons. The van der Waals surface area contributed by atoms with Gasteiger partial charge in [-0.05, 0) is 59.1 Å². The van der Waals surface area contributed by atoms with Crippen LogP contribution in [0, 0.1) is 6.92 Å². The quantitative estimate of drug-likeness (QED) is 0.304. The number of esters is 1. The van der Waals surface area contributed by atoms with Crippen LogP contribution in [0.15, 0.2) is 77.7 Å². The molecular weight excluding hydrogens is 468 g/mol. The summed E-state index contributed by atoms with van der Waals surface area (Å²) in [5.41, 5.74) is 3.59. The van der Waals surface area contributed by atoms with Gasteiger partial charge < -0.3 is 9.84 Å². The Kier molecular flexibility index (Phi) is 7.72. The zero-order valence-corrected chi connectivity index (χ0v) is 22.2. The number of Topliss-reactive ketones (excluding diaryl/α,β-unsaturated/α-hetero) is 1. The molecule has 0 aromatic heterocycles. The fourth-order valence-corrected chi connectivity index (χ4v) is 6.14. The number of aryl methyl sites for hydroxylation is 2. The van der Waals surface area contributed by atoms with Crippen molar-refractivity contribution >= 4 is 23.5 Å². The third-order valence-electron chi connectivity index (χ3n) is 6.88. The average molecular weight is 503 g/mol. The molecule has 0 amide bonds. The van der Waals surface area contributed by atoms with Crippen LogP contribution in [0.3, 0.4) is 0 Å². The van der Waals surface area contributed by atoms with E-state index in [2.05, 4.69) is 32.9 Å². The maximum absolute atomic E-state index is 13.6. The molecule has 3 aromatic carbocycles. The third-order valence-corrected chi connectivity index (χ3v) is 8.17. The number of ketones is 1. The van der Waals surface area contributed by atoms with Gasteiger partial charge in [0.15, 0.2) is 11.0 Å². The van der Waals surface area contributed by atoms with Crippen molar-refractivity contribution in [2.45, 2.75) is 74.7 Å². The van der Waals surface area contributed by atoms with Gasteiger partial charge in [0.1, 0.15) is 5.60 Å². The molecule has 1 saturated heterocycles. The van der Waals surface area contributed by atoms with Crippen LogP contribution in [0.2, 0.25) is 0 Å². The number of aliphatic hydroxyl groups excluding tert-OH is 1. The van der Waals surface area contributed by atoms with Gasteiger partial charge in [-0.15, -0.1) is 11.8 Å². The van der Waals surface area contributed by atoms with E-state index in [0.717, 1.165) is 32.7 Å². The topological polar surface area (TPSA) is 63.6 Å². The first-order valence-electron chi connectivity index (χ1n) is 12.4. The standard InChI is InChI=1S/C31H34O4S/c1-21-17-27(25(30(2,3)4)18-23(21)20-32)36-28-26(33)19-31(35-29(28)34,24-13-9-6-10-14-24)16-15-22-11-7-5-8-12-22/h5-14,17-18,28,32H,15-16,19-20H2,1-4H3. The number of benzene rings is 3. The van der Waals surface area contributed by atoms with Crippen molar-refractivity contribution in [1.82, 2.24) is 0 Å². The number of rotatable bonds is 7. The minimum Gasteiger partial charge on any atom is -0.453 e. The van der Waals surface area contributed by atoms with Gasteiger partial charge in [-0.25, -0.2) is 0 Å². The predicted octanol–water partition coefficient (Wildman–Crippen LogP) is 6.29. The first-order valence-corrected chi connectivity index (χ1v) is 13.3. The second kappa shape index (κ2) is 10.6. The fraction of sp³-hybridized carbons (Fsp3) is 0.355. The van der Waals surface area contributed by atoms with E-state index in [9.17, 15) is 14.7 Å². The van der Waals surface area contributed by atoms with E-state index < -0.39 is 16.8 Å². The Bertz CT molecular complexity index is 1210. The maximum Gasteiger partial charge on any atom is 0.327 e. The molecule has 1 heterocycles. The second-order valence-corrected chi connectivity index (χ2v) is 11.7. The highest BCUT2D eigenvalue weighted by Crippen LogP contribution is 2.44. The van der Waals surface area contributed by atoms with E-state index in [1.807, 2.05) is 67.6 Å². The van der Waals surface area contributed by atoms with E-state index in [-0.39, 0.29) is 24.2 Å². The van der Waals surface area contributed by atoms with E-state index >= 15 is 0 Å². The van der Waals surface area contributed by atoms with Crippen LogP contribution >= 0.6 is 11.8 Å². The number of hydrogen-bond acceptors (Lipinski definition) is 5. The van der Waals surface area contributed by atoms with Crippen LogP contribution in [-0.2, 0) is 38.4 Å². The molecule has 2 unspecified atom stereocenters. The largest absolute Gasteiger partial charge is 0.453 e. The lowest BCUT2D eigenvalue weighted by atomic mass is 9.81. The van der Waals surface area contributed by atoms with Crippen LogP contribution in [0.4, 0.5) is 0 Å². The van der Waals surface area contributed by atoms with E-state index in [1.54, 1.807) is 0 Å². The van der Waals surface area contributed by atoms with Crippen LogP contribution in [-0.4, -0.2) is 22.1 Å². The summed E-state index contributed by atoms with van der Waals surface area (Å²) in [6.07, 6.45) is 1.38. The lowest BCUT2D eigenvalue weighted by Gasteiger charge is -2.39. The number of carbonyl (C=O) groups is 2. The smallest absolute Gasteiger partial charge is 0.327 e. The Hall–Kier alpha value is -2.89. The van der Waals surface area contributed by atoms with Crippen LogP contribution in [0.5, 0.6) is 0 Å². The van der Waals surface area contributed by atoms with Gasteiger partial charge in [-0.3, -0.25) is 9.59 Å². The maximum atomic E-state index is 13.6. The molecule has 0 aliphatic carbocycles. The number of carbonyl (C=O) groups excluding carboxylic acids is 2. The summed E-state index contributed by atoms with van der Waals surface area (Å²) < 4.78 is 6.22. The van der Waals surface area contributed by atoms with Gasteiger partial charge in [0.25, 0.3) is 0 Å². The van der Waals surface area contributed by atoms with Crippen molar-refractivity contribution in [2.24, 2.45) is 0 Å². The summed E-state index contributed by atoms with van der Waals surface area (Å²) in [5, 5.41) is 8.85. The van der Waals surface area contributed by atoms with Crippen molar-refractivity contribution in [2.75, 3.05) is 0 Å². The van der Waals surface area contributed by atoms with Crippen molar-refractivity contribution < 1.29 is 19.4 Å². The van der Waals surface area contributed by atoms with E-state index in [0.29, 0.717) is 12.8 Å². The van der Waals surface area contributed by atoms with E-state index in [1.165, 1.54) is 11.8 Å². The van der Waals surface area contributed by atoms with Crippen LogP contribution < -0.4 is 0 Å².